The molecule has 0 aliphatic carbocycles. The molecule has 1 aliphatic heterocycles. The predicted octanol–water partition coefficient (Wildman–Crippen LogP) is 2.14. The van der Waals surface area contributed by atoms with Crippen LogP contribution in [0, 0.1) is 5.92 Å². The molecule has 0 saturated carbocycles. The number of methoxy groups -OCH3 is 2. The Morgan fingerprint density at radius 2 is 2.06 bits per heavy atom. The van der Waals surface area contributed by atoms with Crippen LogP contribution in [0.4, 0.5) is 5.69 Å². The van der Waals surface area contributed by atoms with Gasteiger partial charge in [-0.15, -0.1) is 0 Å². The summed E-state index contributed by atoms with van der Waals surface area (Å²) in [6, 6.07) is 3.73. The van der Waals surface area contributed by atoms with E-state index in [1.54, 1.807) is 20.3 Å². The van der Waals surface area contributed by atoms with Crippen molar-refractivity contribution in [1.29, 1.82) is 0 Å². The molecule has 1 aliphatic rings. The zero-order chi connectivity index (χ0) is 13.1. The molecule has 2 rings (SSSR count). The normalized spacial score (nSPS) is 19.1. The predicted molar refractivity (Wildman–Crippen MR) is 73.9 cm³/mol. The summed E-state index contributed by atoms with van der Waals surface area (Å²) in [5.41, 5.74) is 6.74. The van der Waals surface area contributed by atoms with Gasteiger partial charge in [-0.05, 0) is 18.9 Å². The Balaban J connectivity index is 2.31. The van der Waals surface area contributed by atoms with Crippen molar-refractivity contribution in [1.82, 2.24) is 0 Å². The van der Waals surface area contributed by atoms with E-state index < -0.39 is 0 Å². The first-order valence-corrected chi connectivity index (χ1v) is 6.44. The second-order valence-corrected chi connectivity index (χ2v) is 4.90. The molecule has 100 valence electrons. The van der Waals surface area contributed by atoms with Gasteiger partial charge in [-0.25, -0.2) is 0 Å². The number of nitrogens with two attached hydrogens (primary N) is 1. The maximum atomic E-state index is 6.10. The Labute approximate surface area is 113 Å². The number of hydrogen-bond donors (Lipinski definition) is 1. The summed E-state index contributed by atoms with van der Waals surface area (Å²) in [4.78, 5) is 2.27. The maximum Gasteiger partial charge on any atom is 0.143 e. The standard InChI is InChI=1S/C13H19ClN2O2/c1-17-12-6-11(13(18-2)5-10(12)14)16-4-3-9(7-15)8-16/h5-6,9H,3-4,7-8,15H2,1-2H3. The number of hydrogen-bond acceptors (Lipinski definition) is 4. The molecule has 0 bridgehead atoms. The number of halogens is 1. The van der Waals surface area contributed by atoms with Crippen LogP contribution in [0.15, 0.2) is 12.1 Å². The van der Waals surface area contributed by atoms with Gasteiger partial charge in [-0.2, -0.15) is 0 Å². The summed E-state index contributed by atoms with van der Waals surface area (Å²) in [5.74, 6) is 2.00. The van der Waals surface area contributed by atoms with Crippen molar-refractivity contribution in [3.8, 4) is 11.5 Å². The van der Waals surface area contributed by atoms with Crippen LogP contribution >= 0.6 is 11.6 Å². The Bertz CT molecular complexity index is 426. The van der Waals surface area contributed by atoms with Crippen molar-refractivity contribution in [2.75, 3.05) is 38.8 Å². The number of anilines is 1. The second-order valence-electron chi connectivity index (χ2n) is 4.50. The number of ether oxygens (including phenoxy) is 2. The number of benzene rings is 1. The highest BCUT2D eigenvalue weighted by atomic mass is 35.5. The van der Waals surface area contributed by atoms with Crippen molar-refractivity contribution in [3.63, 3.8) is 0 Å². The zero-order valence-electron chi connectivity index (χ0n) is 10.8. The largest absolute Gasteiger partial charge is 0.495 e. The van der Waals surface area contributed by atoms with Gasteiger partial charge >= 0.3 is 0 Å². The van der Waals surface area contributed by atoms with Gasteiger partial charge in [0.2, 0.25) is 0 Å². The smallest absolute Gasteiger partial charge is 0.143 e. The monoisotopic (exact) mass is 270 g/mol. The summed E-state index contributed by atoms with van der Waals surface area (Å²) in [7, 11) is 3.27. The molecule has 2 N–H and O–H groups in total. The van der Waals surface area contributed by atoms with Gasteiger partial charge in [0.05, 0.1) is 24.9 Å². The van der Waals surface area contributed by atoms with Crippen molar-refractivity contribution < 1.29 is 9.47 Å². The number of rotatable bonds is 4. The molecule has 0 spiro atoms. The van der Waals surface area contributed by atoms with Crippen LogP contribution in [-0.2, 0) is 0 Å². The van der Waals surface area contributed by atoms with E-state index in [1.807, 2.05) is 6.07 Å². The van der Waals surface area contributed by atoms with Crippen LogP contribution in [0.1, 0.15) is 6.42 Å². The minimum absolute atomic E-state index is 0.552. The fraction of sp³-hybridized carbons (Fsp3) is 0.538. The SMILES string of the molecule is COc1cc(N2CCC(CN)C2)c(OC)cc1Cl. The molecule has 18 heavy (non-hydrogen) atoms. The topological polar surface area (TPSA) is 47.7 Å². The first-order valence-electron chi connectivity index (χ1n) is 6.06. The Kier molecular flexibility index (Phi) is 4.19. The highest BCUT2D eigenvalue weighted by Gasteiger charge is 2.24. The summed E-state index contributed by atoms with van der Waals surface area (Å²) < 4.78 is 10.7. The summed E-state index contributed by atoms with van der Waals surface area (Å²) in [6.45, 7) is 2.67. The minimum Gasteiger partial charge on any atom is -0.495 e. The molecule has 1 unspecified atom stereocenters. The lowest BCUT2D eigenvalue weighted by Gasteiger charge is -2.22. The van der Waals surface area contributed by atoms with Crippen LogP contribution in [0.2, 0.25) is 5.02 Å². The molecular formula is C13H19ClN2O2. The second kappa shape index (κ2) is 5.67. The first-order chi connectivity index (χ1) is 8.69. The Morgan fingerprint density at radius 3 is 2.61 bits per heavy atom. The zero-order valence-corrected chi connectivity index (χ0v) is 11.5. The van der Waals surface area contributed by atoms with Gasteiger partial charge in [-0.1, -0.05) is 11.6 Å². The molecule has 1 atom stereocenters. The summed E-state index contributed by atoms with van der Waals surface area (Å²) in [5, 5.41) is 0.563. The van der Waals surface area contributed by atoms with Crippen molar-refractivity contribution >= 4 is 17.3 Å². The van der Waals surface area contributed by atoms with Crippen LogP contribution in [0.25, 0.3) is 0 Å². The highest BCUT2D eigenvalue weighted by Crippen LogP contribution is 2.39. The third-order valence-corrected chi connectivity index (χ3v) is 3.71. The summed E-state index contributed by atoms with van der Waals surface area (Å²) >= 11 is 6.10. The van der Waals surface area contributed by atoms with Crippen LogP contribution in [-0.4, -0.2) is 33.9 Å². The van der Waals surface area contributed by atoms with Crippen LogP contribution in [0.5, 0.6) is 11.5 Å². The highest BCUT2D eigenvalue weighted by molar-refractivity contribution is 6.32. The molecule has 1 aromatic carbocycles. The molecule has 1 aromatic rings. The van der Waals surface area contributed by atoms with Crippen molar-refractivity contribution in [3.05, 3.63) is 17.2 Å². The van der Waals surface area contributed by atoms with Crippen molar-refractivity contribution in [2.24, 2.45) is 11.7 Å². The fourth-order valence-electron chi connectivity index (χ4n) is 2.34. The molecule has 1 fully saturated rings. The van der Waals surface area contributed by atoms with Gasteiger partial charge in [0.15, 0.2) is 0 Å². The van der Waals surface area contributed by atoms with Gasteiger partial charge in [0.1, 0.15) is 11.5 Å². The van der Waals surface area contributed by atoms with E-state index in [4.69, 9.17) is 26.8 Å². The third-order valence-electron chi connectivity index (χ3n) is 3.41. The molecule has 1 saturated heterocycles. The maximum absolute atomic E-state index is 6.10. The molecule has 0 radical (unpaired) electrons. The van der Waals surface area contributed by atoms with E-state index in [0.29, 0.717) is 16.7 Å². The quantitative estimate of drug-likeness (QED) is 0.911. The molecule has 5 heteroatoms. The van der Waals surface area contributed by atoms with Crippen LogP contribution in [0.3, 0.4) is 0 Å². The number of nitrogens with zero attached hydrogens (tertiary/aromatic N) is 1. The first kappa shape index (κ1) is 13.3. The fourth-order valence-corrected chi connectivity index (χ4v) is 2.57. The van der Waals surface area contributed by atoms with Crippen molar-refractivity contribution in [2.45, 2.75) is 6.42 Å². The van der Waals surface area contributed by atoms with Gasteiger partial charge in [-0.3, -0.25) is 0 Å². The molecule has 0 amide bonds. The van der Waals surface area contributed by atoms with E-state index in [2.05, 4.69) is 4.90 Å². The lowest BCUT2D eigenvalue weighted by atomic mass is 10.1. The Hall–Kier alpha value is -1.13. The lowest BCUT2D eigenvalue weighted by Crippen LogP contribution is -2.23. The Morgan fingerprint density at radius 1 is 1.33 bits per heavy atom. The minimum atomic E-state index is 0.552. The van der Waals surface area contributed by atoms with E-state index in [9.17, 15) is 0 Å². The average Bonchev–Trinajstić information content (AvgIpc) is 2.87. The summed E-state index contributed by atoms with van der Waals surface area (Å²) in [6.07, 6.45) is 1.12. The van der Waals surface area contributed by atoms with E-state index >= 15 is 0 Å². The van der Waals surface area contributed by atoms with Gasteiger partial charge < -0.3 is 20.1 Å². The molecule has 1 heterocycles. The lowest BCUT2D eigenvalue weighted by molar-refractivity contribution is 0.403. The van der Waals surface area contributed by atoms with Crippen LogP contribution < -0.4 is 20.1 Å². The van der Waals surface area contributed by atoms with E-state index in [0.717, 1.165) is 37.5 Å². The third kappa shape index (κ3) is 2.49. The van der Waals surface area contributed by atoms with E-state index in [-0.39, 0.29) is 0 Å². The molecular weight excluding hydrogens is 252 g/mol. The average molecular weight is 271 g/mol. The molecule has 0 aromatic heterocycles. The van der Waals surface area contributed by atoms with Gasteiger partial charge in [0.25, 0.3) is 0 Å². The molecule has 4 nitrogen and oxygen atoms in total. The van der Waals surface area contributed by atoms with E-state index in [1.165, 1.54) is 0 Å². The van der Waals surface area contributed by atoms with Gasteiger partial charge in [0, 0.05) is 25.2 Å².